The van der Waals surface area contributed by atoms with Crippen molar-refractivity contribution in [2.45, 2.75) is 12.5 Å². The average Bonchev–Trinajstić information content (AvgIpc) is 2.67. The maximum absolute atomic E-state index is 11.8. The van der Waals surface area contributed by atoms with Crippen LogP contribution in [0.1, 0.15) is 5.56 Å². The SMILES string of the molecule is O=C(O)[C@@H](Cc1cccc([N+](=O)[O-])c1)N1CCN(c2ccccc2)CC1. The number of non-ortho nitro benzene ring substituents is 1. The monoisotopic (exact) mass is 355 g/mol. The number of nitrogens with zero attached hydrogens (tertiary/aromatic N) is 3. The second-order valence-corrected chi connectivity index (χ2v) is 6.34. The van der Waals surface area contributed by atoms with Crippen molar-refractivity contribution in [3.8, 4) is 0 Å². The lowest BCUT2D eigenvalue weighted by Crippen LogP contribution is -2.53. The summed E-state index contributed by atoms with van der Waals surface area (Å²) >= 11 is 0. The Bertz CT molecular complexity index is 773. The molecule has 3 rings (SSSR count). The Hall–Kier alpha value is -2.93. The average molecular weight is 355 g/mol. The number of hydrogen-bond acceptors (Lipinski definition) is 5. The number of hydrogen-bond donors (Lipinski definition) is 1. The van der Waals surface area contributed by atoms with Gasteiger partial charge in [-0.2, -0.15) is 0 Å². The third-order valence-electron chi connectivity index (χ3n) is 4.71. The molecule has 0 spiro atoms. The smallest absolute Gasteiger partial charge is 0.321 e. The summed E-state index contributed by atoms with van der Waals surface area (Å²) < 4.78 is 0. The van der Waals surface area contributed by atoms with Gasteiger partial charge in [-0.3, -0.25) is 19.8 Å². The van der Waals surface area contributed by atoms with Crippen molar-refractivity contribution in [3.63, 3.8) is 0 Å². The lowest BCUT2D eigenvalue weighted by molar-refractivity contribution is -0.384. The first kappa shape index (κ1) is 17.9. The number of aliphatic carboxylic acids is 1. The summed E-state index contributed by atoms with van der Waals surface area (Å²) in [4.78, 5) is 26.4. The van der Waals surface area contributed by atoms with Gasteiger partial charge in [0.2, 0.25) is 0 Å². The molecule has 1 fully saturated rings. The van der Waals surface area contributed by atoms with Gasteiger partial charge in [-0.25, -0.2) is 0 Å². The second kappa shape index (κ2) is 7.97. The van der Waals surface area contributed by atoms with E-state index in [9.17, 15) is 20.0 Å². The van der Waals surface area contributed by atoms with Gasteiger partial charge in [-0.15, -0.1) is 0 Å². The normalized spacial score (nSPS) is 16.2. The first-order chi connectivity index (χ1) is 12.5. The van der Waals surface area contributed by atoms with E-state index >= 15 is 0 Å². The minimum atomic E-state index is -0.898. The highest BCUT2D eigenvalue weighted by atomic mass is 16.6. The van der Waals surface area contributed by atoms with Crippen LogP contribution in [0.3, 0.4) is 0 Å². The number of para-hydroxylation sites is 1. The van der Waals surface area contributed by atoms with Crippen molar-refractivity contribution in [1.29, 1.82) is 0 Å². The van der Waals surface area contributed by atoms with E-state index in [0.717, 1.165) is 18.8 Å². The summed E-state index contributed by atoms with van der Waals surface area (Å²) in [7, 11) is 0. The number of carboxylic acid groups (broad SMARTS) is 1. The van der Waals surface area contributed by atoms with Crippen LogP contribution >= 0.6 is 0 Å². The van der Waals surface area contributed by atoms with E-state index in [4.69, 9.17) is 0 Å². The summed E-state index contributed by atoms with van der Waals surface area (Å²) in [6.07, 6.45) is 0.252. The molecule has 7 heteroatoms. The quantitative estimate of drug-likeness (QED) is 0.632. The van der Waals surface area contributed by atoms with Crippen LogP contribution in [-0.4, -0.2) is 53.1 Å². The zero-order chi connectivity index (χ0) is 18.5. The topological polar surface area (TPSA) is 86.9 Å². The first-order valence-corrected chi connectivity index (χ1v) is 8.55. The standard InChI is InChI=1S/C19H21N3O4/c23-19(24)18(14-15-5-4-8-17(13-15)22(25)26)21-11-9-20(10-12-21)16-6-2-1-3-7-16/h1-8,13,18H,9-12,14H2,(H,23,24)/t18-/m1/s1. The molecule has 0 aliphatic carbocycles. The largest absolute Gasteiger partial charge is 0.480 e. The van der Waals surface area contributed by atoms with E-state index in [0.29, 0.717) is 18.7 Å². The molecule has 0 radical (unpaired) electrons. The molecule has 1 aliphatic rings. The van der Waals surface area contributed by atoms with Crippen LogP contribution in [-0.2, 0) is 11.2 Å². The maximum atomic E-state index is 11.8. The molecule has 0 amide bonds. The fourth-order valence-corrected chi connectivity index (χ4v) is 3.32. The fourth-order valence-electron chi connectivity index (χ4n) is 3.32. The van der Waals surface area contributed by atoms with Gasteiger partial charge in [0.1, 0.15) is 6.04 Å². The molecule has 0 aromatic heterocycles. The number of rotatable bonds is 6. The van der Waals surface area contributed by atoms with E-state index in [-0.39, 0.29) is 12.1 Å². The van der Waals surface area contributed by atoms with Crippen LogP contribution in [0, 0.1) is 10.1 Å². The van der Waals surface area contributed by atoms with Crippen molar-refractivity contribution in [2.75, 3.05) is 31.1 Å². The van der Waals surface area contributed by atoms with Gasteiger partial charge in [-0.05, 0) is 24.1 Å². The highest BCUT2D eigenvalue weighted by Gasteiger charge is 2.29. The molecule has 0 saturated carbocycles. The zero-order valence-corrected chi connectivity index (χ0v) is 14.3. The molecule has 0 bridgehead atoms. The van der Waals surface area contributed by atoms with Crippen LogP contribution in [0.2, 0.25) is 0 Å². The maximum Gasteiger partial charge on any atom is 0.321 e. The van der Waals surface area contributed by atoms with E-state index in [1.54, 1.807) is 12.1 Å². The fraction of sp³-hybridized carbons (Fsp3) is 0.316. The lowest BCUT2D eigenvalue weighted by atomic mass is 10.0. The third kappa shape index (κ3) is 4.18. The highest BCUT2D eigenvalue weighted by molar-refractivity contribution is 5.74. The van der Waals surface area contributed by atoms with E-state index in [1.807, 2.05) is 35.2 Å². The van der Waals surface area contributed by atoms with Gasteiger partial charge < -0.3 is 10.0 Å². The van der Waals surface area contributed by atoms with Gasteiger partial charge in [0.05, 0.1) is 4.92 Å². The predicted molar refractivity (Wildman–Crippen MR) is 98.5 cm³/mol. The van der Waals surface area contributed by atoms with Crippen molar-refractivity contribution in [3.05, 3.63) is 70.3 Å². The van der Waals surface area contributed by atoms with Crippen molar-refractivity contribution >= 4 is 17.3 Å². The summed E-state index contributed by atoms with van der Waals surface area (Å²) in [5, 5.41) is 20.6. The molecule has 1 N–H and O–H groups in total. The number of nitro groups is 1. The Morgan fingerprint density at radius 1 is 1.08 bits per heavy atom. The van der Waals surface area contributed by atoms with Gasteiger partial charge in [0.25, 0.3) is 5.69 Å². The number of carboxylic acids is 1. The Labute approximate surface area is 151 Å². The molecule has 1 heterocycles. The van der Waals surface area contributed by atoms with Crippen LogP contribution in [0.15, 0.2) is 54.6 Å². The highest BCUT2D eigenvalue weighted by Crippen LogP contribution is 2.20. The minimum Gasteiger partial charge on any atom is -0.480 e. The molecule has 136 valence electrons. The van der Waals surface area contributed by atoms with E-state index < -0.39 is 16.9 Å². The summed E-state index contributed by atoms with van der Waals surface area (Å²) in [5.41, 5.74) is 1.79. The third-order valence-corrected chi connectivity index (χ3v) is 4.71. The van der Waals surface area contributed by atoms with Crippen molar-refractivity contribution in [2.24, 2.45) is 0 Å². The molecule has 2 aromatic carbocycles. The molecule has 7 nitrogen and oxygen atoms in total. The number of nitro benzene ring substituents is 1. The minimum absolute atomic E-state index is 0.0134. The Morgan fingerprint density at radius 3 is 2.38 bits per heavy atom. The molecule has 1 saturated heterocycles. The molecule has 0 unspecified atom stereocenters. The molecule has 1 aliphatic heterocycles. The summed E-state index contributed by atoms with van der Waals surface area (Å²) in [5.74, 6) is -0.898. The van der Waals surface area contributed by atoms with Crippen LogP contribution in [0.25, 0.3) is 0 Å². The molecular formula is C19H21N3O4. The number of piperazine rings is 1. The van der Waals surface area contributed by atoms with Crippen LogP contribution < -0.4 is 4.90 Å². The molecule has 1 atom stereocenters. The summed E-state index contributed by atoms with van der Waals surface area (Å²) in [6.45, 7) is 2.78. The first-order valence-electron chi connectivity index (χ1n) is 8.55. The molecular weight excluding hydrogens is 334 g/mol. The molecule has 2 aromatic rings. The Balaban J connectivity index is 1.67. The number of carbonyl (C=O) groups is 1. The Kier molecular flexibility index (Phi) is 5.48. The van der Waals surface area contributed by atoms with Crippen molar-refractivity contribution < 1.29 is 14.8 Å². The van der Waals surface area contributed by atoms with Crippen molar-refractivity contribution in [1.82, 2.24) is 4.90 Å². The van der Waals surface area contributed by atoms with Gasteiger partial charge in [0.15, 0.2) is 0 Å². The molecule has 26 heavy (non-hydrogen) atoms. The van der Waals surface area contributed by atoms with Gasteiger partial charge in [-0.1, -0.05) is 30.3 Å². The van der Waals surface area contributed by atoms with Crippen LogP contribution in [0.5, 0.6) is 0 Å². The number of benzene rings is 2. The summed E-state index contributed by atoms with van der Waals surface area (Å²) in [6, 6.07) is 15.6. The Morgan fingerprint density at radius 2 is 1.77 bits per heavy atom. The predicted octanol–water partition coefficient (Wildman–Crippen LogP) is 2.41. The van der Waals surface area contributed by atoms with Gasteiger partial charge >= 0.3 is 5.97 Å². The van der Waals surface area contributed by atoms with Crippen LogP contribution in [0.4, 0.5) is 11.4 Å². The lowest BCUT2D eigenvalue weighted by Gasteiger charge is -2.38. The van der Waals surface area contributed by atoms with Gasteiger partial charge in [0, 0.05) is 44.0 Å². The van der Waals surface area contributed by atoms with E-state index in [2.05, 4.69) is 4.90 Å². The van der Waals surface area contributed by atoms with E-state index in [1.165, 1.54) is 12.1 Å². The number of anilines is 1. The second-order valence-electron chi connectivity index (χ2n) is 6.34. The zero-order valence-electron chi connectivity index (χ0n) is 14.3.